The highest BCUT2D eigenvalue weighted by molar-refractivity contribution is 5.73. The smallest absolute Gasteiger partial charge is 0.217 e. The van der Waals surface area contributed by atoms with Gasteiger partial charge < -0.3 is 5.32 Å². The fourth-order valence-corrected chi connectivity index (χ4v) is 1.26. The first-order chi connectivity index (χ1) is 5.68. The van der Waals surface area contributed by atoms with Crippen LogP contribution in [-0.2, 0) is 4.79 Å². The van der Waals surface area contributed by atoms with E-state index in [1.807, 2.05) is 13.8 Å². The van der Waals surface area contributed by atoms with Gasteiger partial charge in [0.25, 0.3) is 0 Å². The molecule has 0 heterocycles. The number of carbonyl (C=O) groups excluding carboxylic acids is 1. The van der Waals surface area contributed by atoms with Crippen LogP contribution in [0, 0.1) is 5.92 Å². The summed E-state index contributed by atoms with van der Waals surface area (Å²) >= 11 is 0. The zero-order valence-electron chi connectivity index (χ0n) is 8.68. The Bertz CT molecular complexity index is 130. The van der Waals surface area contributed by atoms with Crippen molar-refractivity contribution in [2.45, 2.75) is 53.0 Å². The van der Waals surface area contributed by atoms with Gasteiger partial charge in [0, 0.05) is 13.0 Å². The molecule has 1 N–H and O–H groups in total. The summed E-state index contributed by atoms with van der Waals surface area (Å²) < 4.78 is 0. The molecular formula is C10H21NO. The molecule has 0 spiro atoms. The maximum absolute atomic E-state index is 10.5. The van der Waals surface area contributed by atoms with Gasteiger partial charge in [-0.3, -0.25) is 4.79 Å². The SMILES string of the molecule is CC.CC(=O)NC(C)CC1CC1. The summed E-state index contributed by atoms with van der Waals surface area (Å²) in [7, 11) is 0. The lowest BCUT2D eigenvalue weighted by molar-refractivity contribution is -0.119. The molecule has 1 aliphatic carbocycles. The number of rotatable bonds is 3. The van der Waals surface area contributed by atoms with E-state index in [9.17, 15) is 4.79 Å². The molecule has 0 aliphatic heterocycles. The van der Waals surface area contributed by atoms with Gasteiger partial charge in [-0.05, 0) is 19.3 Å². The predicted molar refractivity (Wildman–Crippen MR) is 52.0 cm³/mol. The van der Waals surface area contributed by atoms with E-state index in [4.69, 9.17) is 0 Å². The topological polar surface area (TPSA) is 29.1 Å². The maximum atomic E-state index is 10.5. The van der Waals surface area contributed by atoms with E-state index in [0.717, 1.165) is 5.92 Å². The van der Waals surface area contributed by atoms with Crippen LogP contribution < -0.4 is 5.32 Å². The minimum Gasteiger partial charge on any atom is -0.354 e. The van der Waals surface area contributed by atoms with Crippen molar-refractivity contribution in [2.75, 3.05) is 0 Å². The number of hydrogen-bond donors (Lipinski definition) is 1. The van der Waals surface area contributed by atoms with E-state index in [2.05, 4.69) is 12.2 Å². The quantitative estimate of drug-likeness (QED) is 0.693. The largest absolute Gasteiger partial charge is 0.354 e. The highest BCUT2D eigenvalue weighted by Crippen LogP contribution is 2.33. The molecule has 72 valence electrons. The molecule has 1 fully saturated rings. The summed E-state index contributed by atoms with van der Waals surface area (Å²) in [5.74, 6) is 0.995. The third kappa shape index (κ3) is 6.20. The number of amides is 1. The third-order valence-corrected chi connectivity index (χ3v) is 1.83. The molecule has 12 heavy (non-hydrogen) atoms. The first-order valence-electron chi connectivity index (χ1n) is 4.95. The van der Waals surface area contributed by atoms with Crippen LogP contribution >= 0.6 is 0 Å². The summed E-state index contributed by atoms with van der Waals surface area (Å²) in [6.07, 6.45) is 3.90. The molecular weight excluding hydrogens is 150 g/mol. The molecule has 0 radical (unpaired) electrons. The normalized spacial score (nSPS) is 17.3. The lowest BCUT2D eigenvalue weighted by Crippen LogP contribution is -2.30. The summed E-state index contributed by atoms with van der Waals surface area (Å²) in [5, 5.41) is 2.88. The van der Waals surface area contributed by atoms with Crippen molar-refractivity contribution in [3.8, 4) is 0 Å². The Labute approximate surface area is 75.7 Å². The number of carbonyl (C=O) groups is 1. The van der Waals surface area contributed by atoms with E-state index < -0.39 is 0 Å². The molecule has 1 unspecified atom stereocenters. The Kier molecular flexibility index (Phi) is 5.77. The van der Waals surface area contributed by atoms with E-state index in [0.29, 0.717) is 6.04 Å². The van der Waals surface area contributed by atoms with Crippen molar-refractivity contribution < 1.29 is 4.79 Å². The van der Waals surface area contributed by atoms with Gasteiger partial charge in [-0.1, -0.05) is 26.7 Å². The first kappa shape index (κ1) is 11.5. The van der Waals surface area contributed by atoms with E-state index in [1.54, 1.807) is 6.92 Å². The zero-order chi connectivity index (χ0) is 9.56. The van der Waals surface area contributed by atoms with Crippen molar-refractivity contribution >= 4 is 5.91 Å². The van der Waals surface area contributed by atoms with Crippen molar-refractivity contribution in [1.29, 1.82) is 0 Å². The monoisotopic (exact) mass is 171 g/mol. The second-order valence-corrected chi connectivity index (χ2v) is 3.28. The molecule has 1 aliphatic rings. The van der Waals surface area contributed by atoms with Gasteiger partial charge in [-0.25, -0.2) is 0 Å². The van der Waals surface area contributed by atoms with Gasteiger partial charge >= 0.3 is 0 Å². The second-order valence-electron chi connectivity index (χ2n) is 3.28. The molecule has 0 saturated heterocycles. The Morgan fingerprint density at radius 3 is 2.33 bits per heavy atom. The molecule has 0 bridgehead atoms. The fourth-order valence-electron chi connectivity index (χ4n) is 1.26. The Balaban J connectivity index is 0.000000561. The predicted octanol–water partition coefficient (Wildman–Crippen LogP) is 2.34. The van der Waals surface area contributed by atoms with Crippen LogP contribution in [0.1, 0.15) is 47.0 Å². The molecule has 2 heteroatoms. The molecule has 0 aromatic heterocycles. The Hall–Kier alpha value is -0.530. The molecule has 1 atom stereocenters. The number of nitrogens with one attached hydrogen (secondary N) is 1. The summed E-state index contributed by atoms with van der Waals surface area (Å²) in [4.78, 5) is 10.5. The summed E-state index contributed by atoms with van der Waals surface area (Å²) in [6.45, 7) is 7.64. The zero-order valence-corrected chi connectivity index (χ0v) is 8.68. The summed E-state index contributed by atoms with van der Waals surface area (Å²) in [5.41, 5.74) is 0. The van der Waals surface area contributed by atoms with Gasteiger partial charge in [0.05, 0.1) is 0 Å². The molecule has 2 nitrogen and oxygen atoms in total. The average Bonchev–Trinajstić information content (AvgIpc) is 2.74. The fraction of sp³-hybridized carbons (Fsp3) is 0.900. The van der Waals surface area contributed by atoms with E-state index in [1.165, 1.54) is 19.3 Å². The van der Waals surface area contributed by atoms with Gasteiger partial charge in [-0.15, -0.1) is 0 Å². The van der Waals surface area contributed by atoms with Crippen LogP contribution in [0.5, 0.6) is 0 Å². The van der Waals surface area contributed by atoms with Gasteiger partial charge in [0.1, 0.15) is 0 Å². The highest BCUT2D eigenvalue weighted by Gasteiger charge is 2.23. The van der Waals surface area contributed by atoms with Crippen LogP contribution in [0.2, 0.25) is 0 Å². The maximum Gasteiger partial charge on any atom is 0.217 e. The average molecular weight is 171 g/mol. The summed E-state index contributed by atoms with van der Waals surface area (Å²) in [6, 6.07) is 0.380. The van der Waals surface area contributed by atoms with Gasteiger partial charge in [-0.2, -0.15) is 0 Å². The highest BCUT2D eigenvalue weighted by atomic mass is 16.1. The Morgan fingerprint density at radius 1 is 1.50 bits per heavy atom. The molecule has 1 amide bonds. The van der Waals surface area contributed by atoms with Crippen molar-refractivity contribution in [3.05, 3.63) is 0 Å². The lowest BCUT2D eigenvalue weighted by Gasteiger charge is -2.10. The van der Waals surface area contributed by atoms with Gasteiger partial charge in [0.2, 0.25) is 5.91 Å². The molecule has 0 aromatic rings. The van der Waals surface area contributed by atoms with Crippen LogP contribution in [0.25, 0.3) is 0 Å². The lowest BCUT2D eigenvalue weighted by atomic mass is 10.1. The number of hydrogen-bond acceptors (Lipinski definition) is 1. The third-order valence-electron chi connectivity index (χ3n) is 1.83. The van der Waals surface area contributed by atoms with Crippen LogP contribution in [0.4, 0.5) is 0 Å². The van der Waals surface area contributed by atoms with E-state index >= 15 is 0 Å². The van der Waals surface area contributed by atoms with Crippen LogP contribution in [0.15, 0.2) is 0 Å². The van der Waals surface area contributed by atoms with Crippen molar-refractivity contribution in [1.82, 2.24) is 5.32 Å². The van der Waals surface area contributed by atoms with Crippen molar-refractivity contribution in [2.24, 2.45) is 5.92 Å². The van der Waals surface area contributed by atoms with Crippen LogP contribution in [0.3, 0.4) is 0 Å². The van der Waals surface area contributed by atoms with E-state index in [-0.39, 0.29) is 5.91 Å². The molecule has 0 aromatic carbocycles. The van der Waals surface area contributed by atoms with Crippen molar-refractivity contribution in [3.63, 3.8) is 0 Å². The second kappa shape index (κ2) is 6.04. The Morgan fingerprint density at radius 2 is 2.00 bits per heavy atom. The standard InChI is InChI=1S/C8H15NO.C2H6/c1-6(9-7(2)10)5-8-3-4-8;1-2/h6,8H,3-5H2,1-2H3,(H,9,10);1-2H3. The van der Waals surface area contributed by atoms with Gasteiger partial charge in [0.15, 0.2) is 0 Å². The first-order valence-corrected chi connectivity index (χ1v) is 4.95. The minimum absolute atomic E-state index is 0.0909. The molecule has 1 saturated carbocycles. The minimum atomic E-state index is 0.0909. The molecule has 1 rings (SSSR count). The van der Waals surface area contributed by atoms with Crippen LogP contribution in [-0.4, -0.2) is 11.9 Å².